The fourth-order valence-electron chi connectivity index (χ4n) is 2.39. The second kappa shape index (κ2) is 8.87. The van der Waals surface area contributed by atoms with Crippen molar-refractivity contribution in [2.75, 3.05) is 6.54 Å². The number of halogens is 3. The average Bonchev–Trinajstić information content (AvgIpc) is 2.52. The summed E-state index contributed by atoms with van der Waals surface area (Å²) >= 11 is 0. The van der Waals surface area contributed by atoms with Gasteiger partial charge in [0.1, 0.15) is 0 Å². The number of nitrogens with one attached hydrogen (secondary N) is 1. The van der Waals surface area contributed by atoms with E-state index in [1.165, 1.54) is 12.1 Å². The Morgan fingerprint density at radius 1 is 1.04 bits per heavy atom. The number of benzene rings is 1. The van der Waals surface area contributed by atoms with Gasteiger partial charge in [0.2, 0.25) is 5.91 Å². The van der Waals surface area contributed by atoms with Gasteiger partial charge < -0.3 is 10.4 Å². The minimum absolute atomic E-state index is 0.134. The summed E-state index contributed by atoms with van der Waals surface area (Å²) in [6.07, 6.45) is -1.47. The first-order valence-electron chi connectivity index (χ1n) is 8.23. The molecule has 4 nitrogen and oxygen atoms in total. The van der Waals surface area contributed by atoms with Gasteiger partial charge in [-0.25, -0.2) is 0 Å². The topological polar surface area (TPSA) is 66.4 Å². The molecule has 0 saturated heterocycles. The third-order valence-electron chi connectivity index (χ3n) is 4.08. The normalized spacial score (nSPS) is 12.0. The molecular weight excluding hydrogens is 335 g/mol. The summed E-state index contributed by atoms with van der Waals surface area (Å²) in [4.78, 5) is 22.7. The maximum Gasteiger partial charge on any atom is 0.416 e. The number of carboxylic acids is 1. The summed E-state index contributed by atoms with van der Waals surface area (Å²) in [5, 5.41) is 11.3. The quantitative estimate of drug-likeness (QED) is 0.652. The second-order valence-electron chi connectivity index (χ2n) is 6.52. The number of amides is 1. The number of rotatable bonds is 9. The van der Waals surface area contributed by atoms with E-state index in [2.05, 4.69) is 5.32 Å². The Morgan fingerprint density at radius 2 is 1.64 bits per heavy atom. The van der Waals surface area contributed by atoms with E-state index in [0.29, 0.717) is 24.9 Å². The van der Waals surface area contributed by atoms with Crippen LogP contribution < -0.4 is 5.32 Å². The number of carboxylic acid groups (broad SMARTS) is 1. The van der Waals surface area contributed by atoms with Crippen LogP contribution in [0.5, 0.6) is 0 Å². The lowest BCUT2D eigenvalue weighted by Gasteiger charge is -2.25. The number of hydrogen-bond acceptors (Lipinski definition) is 2. The van der Waals surface area contributed by atoms with Crippen molar-refractivity contribution >= 4 is 11.9 Å². The molecule has 1 amide bonds. The number of aliphatic carboxylic acids is 1. The molecule has 1 aromatic rings. The molecule has 25 heavy (non-hydrogen) atoms. The molecule has 1 aromatic carbocycles. The molecule has 0 radical (unpaired) electrons. The molecule has 0 heterocycles. The van der Waals surface area contributed by atoms with E-state index in [1.807, 2.05) is 0 Å². The van der Waals surface area contributed by atoms with Crippen molar-refractivity contribution in [1.82, 2.24) is 5.32 Å². The molecule has 0 aliphatic heterocycles. The number of hydrogen-bond donors (Lipinski definition) is 2. The van der Waals surface area contributed by atoms with Gasteiger partial charge in [0, 0.05) is 13.0 Å². The summed E-state index contributed by atoms with van der Waals surface area (Å²) in [7, 11) is 0. The van der Waals surface area contributed by atoms with Crippen molar-refractivity contribution in [2.24, 2.45) is 0 Å². The van der Waals surface area contributed by atoms with Crippen LogP contribution in [0.3, 0.4) is 0 Å². The molecule has 0 atom stereocenters. The van der Waals surface area contributed by atoms with Gasteiger partial charge in [-0.2, -0.15) is 13.2 Å². The monoisotopic (exact) mass is 359 g/mol. The van der Waals surface area contributed by atoms with E-state index in [9.17, 15) is 22.8 Å². The van der Waals surface area contributed by atoms with E-state index in [-0.39, 0.29) is 12.3 Å². The van der Waals surface area contributed by atoms with E-state index < -0.39 is 23.1 Å². The molecule has 7 heteroatoms. The highest BCUT2D eigenvalue weighted by atomic mass is 19.4. The van der Waals surface area contributed by atoms with Crippen LogP contribution in [-0.2, 0) is 21.2 Å². The number of alkyl halides is 3. The van der Waals surface area contributed by atoms with Gasteiger partial charge in [-0.05, 0) is 38.3 Å². The van der Waals surface area contributed by atoms with E-state index in [4.69, 9.17) is 5.11 Å². The zero-order chi connectivity index (χ0) is 19.1. The Kier molecular flexibility index (Phi) is 7.45. The first-order valence-corrected chi connectivity index (χ1v) is 8.23. The standard InChI is InChI=1S/C18H24F3NO3/c1-17(2,13-8-7-9-14(12-13)18(19,20)21)16(25)22-11-6-4-3-5-10-15(23)24/h7-9,12H,3-6,10-11H2,1-2H3,(H,22,25)(H,23,24). The zero-order valence-electron chi connectivity index (χ0n) is 14.4. The minimum atomic E-state index is -4.45. The summed E-state index contributed by atoms with van der Waals surface area (Å²) in [6.45, 7) is 3.59. The van der Waals surface area contributed by atoms with Crippen molar-refractivity contribution in [3.05, 3.63) is 35.4 Å². The van der Waals surface area contributed by atoms with Gasteiger partial charge in [-0.15, -0.1) is 0 Å². The second-order valence-corrected chi connectivity index (χ2v) is 6.52. The first kappa shape index (κ1) is 21.0. The molecule has 0 fully saturated rings. The van der Waals surface area contributed by atoms with Crippen LogP contribution in [0.4, 0.5) is 13.2 Å². The third kappa shape index (κ3) is 6.76. The van der Waals surface area contributed by atoms with E-state index >= 15 is 0 Å². The highest BCUT2D eigenvalue weighted by Crippen LogP contribution is 2.32. The van der Waals surface area contributed by atoms with Crippen molar-refractivity contribution < 1.29 is 27.9 Å². The van der Waals surface area contributed by atoms with Gasteiger partial charge in [-0.1, -0.05) is 31.0 Å². The number of carbonyl (C=O) groups excluding carboxylic acids is 1. The van der Waals surface area contributed by atoms with E-state index in [1.54, 1.807) is 13.8 Å². The Balaban J connectivity index is 2.52. The molecule has 2 N–H and O–H groups in total. The molecule has 0 saturated carbocycles. The van der Waals surface area contributed by atoms with Crippen LogP contribution >= 0.6 is 0 Å². The predicted molar refractivity (Wildman–Crippen MR) is 88.2 cm³/mol. The first-order chi connectivity index (χ1) is 11.5. The van der Waals surface area contributed by atoms with Crippen molar-refractivity contribution in [1.29, 1.82) is 0 Å². The summed E-state index contributed by atoms with van der Waals surface area (Å²) < 4.78 is 38.5. The molecule has 0 unspecified atom stereocenters. The zero-order valence-corrected chi connectivity index (χ0v) is 14.4. The number of carbonyl (C=O) groups is 2. The Bertz CT molecular complexity index is 597. The van der Waals surface area contributed by atoms with Crippen molar-refractivity contribution in [3.8, 4) is 0 Å². The average molecular weight is 359 g/mol. The SMILES string of the molecule is CC(C)(C(=O)NCCCCCCC(=O)O)c1cccc(C(F)(F)F)c1. The lowest BCUT2D eigenvalue weighted by molar-refractivity contribution is -0.138. The van der Waals surface area contributed by atoms with Crippen molar-refractivity contribution in [3.63, 3.8) is 0 Å². The Labute approximate surface area is 145 Å². The van der Waals surface area contributed by atoms with Gasteiger partial charge in [-0.3, -0.25) is 9.59 Å². The molecule has 0 spiro atoms. The van der Waals surface area contributed by atoms with Crippen LogP contribution in [0.1, 0.15) is 57.1 Å². The maximum absolute atomic E-state index is 12.8. The summed E-state index contributed by atoms with van der Waals surface area (Å²) in [5.74, 6) is -1.16. The maximum atomic E-state index is 12.8. The van der Waals surface area contributed by atoms with Crippen LogP contribution in [0.25, 0.3) is 0 Å². The van der Waals surface area contributed by atoms with Gasteiger partial charge in [0.05, 0.1) is 11.0 Å². The smallest absolute Gasteiger partial charge is 0.416 e. The van der Waals surface area contributed by atoms with Crippen LogP contribution in [0, 0.1) is 0 Å². The van der Waals surface area contributed by atoms with Crippen LogP contribution in [0.2, 0.25) is 0 Å². The molecule has 140 valence electrons. The Morgan fingerprint density at radius 3 is 2.24 bits per heavy atom. The minimum Gasteiger partial charge on any atom is -0.481 e. The molecular formula is C18H24F3NO3. The van der Waals surface area contributed by atoms with Crippen molar-refractivity contribution in [2.45, 2.75) is 57.5 Å². The lowest BCUT2D eigenvalue weighted by atomic mass is 9.83. The Hall–Kier alpha value is -2.05. The highest BCUT2D eigenvalue weighted by Gasteiger charge is 2.34. The molecule has 0 aliphatic carbocycles. The highest BCUT2D eigenvalue weighted by molar-refractivity contribution is 5.87. The molecule has 1 rings (SSSR count). The lowest BCUT2D eigenvalue weighted by Crippen LogP contribution is -2.40. The number of unbranched alkanes of at least 4 members (excludes halogenated alkanes) is 3. The van der Waals surface area contributed by atoms with E-state index in [0.717, 1.165) is 25.0 Å². The fraction of sp³-hybridized carbons (Fsp3) is 0.556. The van der Waals surface area contributed by atoms with Crippen LogP contribution in [0.15, 0.2) is 24.3 Å². The van der Waals surface area contributed by atoms with Gasteiger partial charge >= 0.3 is 12.1 Å². The summed E-state index contributed by atoms with van der Waals surface area (Å²) in [5.41, 5.74) is -1.55. The molecule has 0 bridgehead atoms. The predicted octanol–water partition coefficient (Wildman–Crippen LogP) is 4.13. The van der Waals surface area contributed by atoms with Gasteiger partial charge in [0.25, 0.3) is 0 Å². The summed E-state index contributed by atoms with van der Waals surface area (Å²) in [6, 6.07) is 4.80. The van der Waals surface area contributed by atoms with Gasteiger partial charge in [0.15, 0.2) is 0 Å². The molecule has 0 aliphatic rings. The third-order valence-corrected chi connectivity index (χ3v) is 4.08. The molecule has 0 aromatic heterocycles. The largest absolute Gasteiger partial charge is 0.481 e. The van der Waals surface area contributed by atoms with Crippen LogP contribution in [-0.4, -0.2) is 23.5 Å². The fourth-order valence-corrected chi connectivity index (χ4v) is 2.39.